The van der Waals surface area contributed by atoms with Crippen molar-refractivity contribution in [2.75, 3.05) is 7.11 Å². The van der Waals surface area contributed by atoms with Crippen LogP contribution in [0.25, 0.3) is 0 Å². The Labute approximate surface area is 214 Å². The molecule has 2 fully saturated rings. The minimum atomic E-state index is -2.73. The smallest absolute Gasteiger partial charge is 0.441 e. The number of esters is 1. The van der Waals surface area contributed by atoms with Gasteiger partial charge < -0.3 is 24.0 Å². The van der Waals surface area contributed by atoms with Crippen molar-refractivity contribution in [3.63, 3.8) is 0 Å². The third-order valence-corrected chi connectivity index (χ3v) is 6.48. The van der Waals surface area contributed by atoms with E-state index < -0.39 is 48.7 Å². The Morgan fingerprint density at radius 3 is 2.54 bits per heavy atom. The molecule has 1 aromatic heterocycles. The van der Waals surface area contributed by atoms with Crippen LogP contribution in [0, 0.1) is 5.92 Å². The maximum absolute atomic E-state index is 13.7. The van der Waals surface area contributed by atoms with Crippen LogP contribution in [-0.4, -0.2) is 65.7 Å². The molecule has 2 aliphatic heterocycles. The van der Waals surface area contributed by atoms with Crippen molar-refractivity contribution in [2.24, 2.45) is 5.92 Å². The summed E-state index contributed by atoms with van der Waals surface area (Å²) in [6, 6.07) is 8.35. The van der Waals surface area contributed by atoms with Crippen molar-refractivity contribution in [1.82, 2.24) is 15.3 Å². The van der Waals surface area contributed by atoms with E-state index in [1.165, 1.54) is 25.7 Å². The lowest BCUT2D eigenvalue weighted by atomic mass is 9.58. The summed E-state index contributed by atoms with van der Waals surface area (Å²) in [5, 5.41) is 2.77. The van der Waals surface area contributed by atoms with E-state index in [1.807, 2.05) is 44.2 Å². The van der Waals surface area contributed by atoms with E-state index in [4.69, 9.17) is 18.7 Å². The van der Waals surface area contributed by atoms with Gasteiger partial charge in [-0.05, 0) is 24.3 Å². The molecule has 1 N–H and O–H groups in total. The highest BCUT2D eigenvalue weighted by Crippen LogP contribution is 2.46. The fourth-order valence-corrected chi connectivity index (χ4v) is 4.81. The minimum Gasteiger partial charge on any atom is -0.641 e. The molecule has 0 radical (unpaired) electrons. The van der Waals surface area contributed by atoms with E-state index >= 15 is 0 Å². The van der Waals surface area contributed by atoms with Crippen molar-refractivity contribution in [3.05, 3.63) is 60.2 Å². The normalized spacial score (nSPS) is 23.8. The predicted molar refractivity (Wildman–Crippen MR) is 130 cm³/mol. The Bertz CT molecular complexity index is 1150. The molecule has 2 unspecified atom stereocenters. The number of methoxy groups -OCH3 is 1. The van der Waals surface area contributed by atoms with Gasteiger partial charge in [-0.25, -0.2) is 9.78 Å². The van der Waals surface area contributed by atoms with Crippen molar-refractivity contribution >= 4 is 30.4 Å². The first kappa shape index (κ1) is 26.4. The first-order valence-corrected chi connectivity index (χ1v) is 12.2. The number of hydrogen-bond acceptors (Lipinski definition) is 10. The average Bonchev–Trinajstić information content (AvgIpc) is 3.44. The zero-order chi connectivity index (χ0) is 26.6. The molecule has 2 bridgehead atoms. The highest BCUT2D eigenvalue weighted by molar-refractivity contribution is 6.67. The molecule has 1 amide bonds. The number of aromatic nitrogens is 2. The monoisotopic (exact) mass is 510 g/mol. The second kappa shape index (κ2) is 11.2. The molecule has 12 heteroatoms. The number of benzene rings is 1. The number of Topliss-reactive ketones (excluding diaryl/α,β-unsaturated/α-hetero) is 1. The molecular formula is C25H29BN3O8-. The molecule has 37 heavy (non-hydrogen) atoms. The number of carbonyl (C=O) groups excluding carboxylic acids is 4. The van der Waals surface area contributed by atoms with Gasteiger partial charge in [0.1, 0.15) is 11.8 Å². The average molecular weight is 510 g/mol. The lowest BCUT2D eigenvalue weighted by molar-refractivity contribution is -0.159. The van der Waals surface area contributed by atoms with Crippen LogP contribution >= 0.6 is 0 Å². The standard InChI is InChI=1S/C25H29BN3O8/c1-15(2)11-17(26-35-21(24(32)34-3)22(36-26)25(33)37-26)13-20(30)18(12-16-7-5-4-6-8-16)29-23(31)19-14-27-9-10-28-19/h4-10,14-15,17-18,21-22H,11-13H2,1-3H3,(H,29,31)/q-1/t17?,18-,21+,22+,26?/m0/s1. The molecule has 4 rings (SSSR count). The lowest BCUT2D eigenvalue weighted by Crippen LogP contribution is -2.51. The fraction of sp³-hybridized carbons (Fsp3) is 0.440. The lowest BCUT2D eigenvalue weighted by Gasteiger charge is -2.41. The minimum absolute atomic E-state index is 0.0749. The van der Waals surface area contributed by atoms with Crippen molar-refractivity contribution in [1.29, 1.82) is 0 Å². The molecule has 0 spiro atoms. The summed E-state index contributed by atoms with van der Waals surface area (Å²) < 4.78 is 21.9. The number of amides is 1. The fourth-order valence-electron chi connectivity index (χ4n) is 4.81. The molecule has 196 valence electrons. The van der Waals surface area contributed by atoms with Gasteiger partial charge in [-0.15, -0.1) is 0 Å². The van der Waals surface area contributed by atoms with Crippen LogP contribution < -0.4 is 5.32 Å². The van der Waals surface area contributed by atoms with Gasteiger partial charge in [-0.1, -0.05) is 56.4 Å². The number of nitrogens with one attached hydrogen (secondary N) is 1. The van der Waals surface area contributed by atoms with Gasteiger partial charge in [-0.3, -0.25) is 19.4 Å². The number of ether oxygens (including phenoxy) is 1. The van der Waals surface area contributed by atoms with Crippen LogP contribution in [0.15, 0.2) is 48.9 Å². The van der Waals surface area contributed by atoms with Crippen LogP contribution in [0.4, 0.5) is 0 Å². The van der Waals surface area contributed by atoms with Crippen LogP contribution in [0.3, 0.4) is 0 Å². The number of nitrogens with zero attached hydrogens (tertiary/aromatic N) is 2. The van der Waals surface area contributed by atoms with Crippen molar-refractivity contribution in [3.8, 4) is 0 Å². The van der Waals surface area contributed by atoms with Crippen LogP contribution in [0.2, 0.25) is 5.82 Å². The second-order valence-electron chi connectivity index (χ2n) is 9.64. The maximum atomic E-state index is 13.7. The molecule has 11 nitrogen and oxygen atoms in total. The molecule has 2 aliphatic rings. The van der Waals surface area contributed by atoms with Crippen LogP contribution in [-0.2, 0) is 39.5 Å². The zero-order valence-electron chi connectivity index (χ0n) is 20.9. The summed E-state index contributed by atoms with van der Waals surface area (Å²) in [5.74, 6) is -2.92. The molecule has 2 aromatic rings. The van der Waals surface area contributed by atoms with Crippen molar-refractivity contribution in [2.45, 2.75) is 57.2 Å². The zero-order valence-corrected chi connectivity index (χ0v) is 20.9. The summed E-state index contributed by atoms with van der Waals surface area (Å²) in [7, 11) is 1.19. The number of rotatable bonds is 11. The maximum Gasteiger partial charge on any atom is 0.441 e. The van der Waals surface area contributed by atoms with E-state index in [2.05, 4.69) is 15.3 Å². The van der Waals surface area contributed by atoms with Gasteiger partial charge >= 0.3 is 12.7 Å². The van der Waals surface area contributed by atoms with E-state index in [-0.39, 0.29) is 30.2 Å². The Morgan fingerprint density at radius 1 is 1.14 bits per heavy atom. The highest BCUT2D eigenvalue weighted by atomic mass is 16.8. The summed E-state index contributed by atoms with van der Waals surface area (Å²) in [4.78, 5) is 59.1. The Balaban J connectivity index is 1.58. The molecule has 0 aliphatic carbocycles. The van der Waals surface area contributed by atoms with Crippen LogP contribution in [0.5, 0.6) is 0 Å². The predicted octanol–water partition coefficient (Wildman–Crippen LogP) is 1.65. The summed E-state index contributed by atoms with van der Waals surface area (Å²) in [6.07, 6.45) is 2.17. The Morgan fingerprint density at radius 2 is 1.89 bits per heavy atom. The molecule has 0 saturated carbocycles. The van der Waals surface area contributed by atoms with Gasteiger partial charge in [0.25, 0.3) is 11.9 Å². The third-order valence-electron chi connectivity index (χ3n) is 6.48. The summed E-state index contributed by atoms with van der Waals surface area (Å²) in [5.41, 5.74) is 0.918. The van der Waals surface area contributed by atoms with Gasteiger partial charge in [0.15, 0.2) is 11.9 Å². The Kier molecular flexibility index (Phi) is 7.99. The number of hydrogen-bond donors (Lipinski definition) is 1. The summed E-state index contributed by atoms with van der Waals surface area (Å²) >= 11 is 0. The number of fused-ring (bicyclic) bond motifs is 2. The van der Waals surface area contributed by atoms with Gasteiger partial charge in [0.05, 0.1) is 19.3 Å². The van der Waals surface area contributed by atoms with E-state index in [9.17, 15) is 19.2 Å². The molecule has 1 aromatic carbocycles. The highest BCUT2D eigenvalue weighted by Gasteiger charge is 2.61. The van der Waals surface area contributed by atoms with Gasteiger partial charge in [0, 0.05) is 12.4 Å². The van der Waals surface area contributed by atoms with Gasteiger partial charge in [-0.2, -0.15) is 0 Å². The first-order valence-electron chi connectivity index (χ1n) is 12.2. The SMILES string of the molecule is COC(=O)[C@@H]1O[B-]2(C(CC(=O)[C@H](Cc3ccccc3)NC(=O)c3cnccn3)CC(C)C)OC(=O)[C@@H]1O2. The largest absolute Gasteiger partial charge is 0.641 e. The van der Waals surface area contributed by atoms with E-state index in [0.717, 1.165) is 5.56 Å². The third kappa shape index (κ3) is 5.86. The number of carbonyl (C=O) groups is 4. The quantitative estimate of drug-likeness (QED) is 0.350. The molecule has 2 saturated heterocycles. The first-order chi connectivity index (χ1) is 17.7. The van der Waals surface area contributed by atoms with E-state index in [0.29, 0.717) is 6.42 Å². The van der Waals surface area contributed by atoms with Gasteiger partial charge in [0.2, 0.25) is 0 Å². The topological polar surface area (TPSA) is 143 Å². The molecule has 5 atom stereocenters. The molecular weight excluding hydrogens is 481 g/mol. The Hall–Kier alpha value is -3.64. The molecule has 3 heterocycles. The second-order valence-corrected chi connectivity index (χ2v) is 9.64. The number of ketones is 1. The van der Waals surface area contributed by atoms with E-state index in [1.54, 1.807) is 0 Å². The van der Waals surface area contributed by atoms with Crippen molar-refractivity contribution < 1.29 is 37.9 Å². The van der Waals surface area contributed by atoms with Crippen LogP contribution in [0.1, 0.15) is 42.7 Å². The summed E-state index contributed by atoms with van der Waals surface area (Å²) in [6.45, 7) is 1.17.